The topological polar surface area (TPSA) is 201 Å². The normalized spacial score (nSPS) is 12.8. The summed E-state index contributed by atoms with van der Waals surface area (Å²) in [6.07, 6.45) is 0. The van der Waals surface area contributed by atoms with Gasteiger partial charge in [-0.05, 0) is 51.5 Å². The fourth-order valence-corrected chi connectivity index (χ4v) is 4.51. The predicted molar refractivity (Wildman–Crippen MR) is 139 cm³/mol. The van der Waals surface area contributed by atoms with Crippen molar-refractivity contribution in [3.63, 3.8) is 0 Å². The summed E-state index contributed by atoms with van der Waals surface area (Å²) < 4.78 is 60.6. The van der Waals surface area contributed by atoms with Crippen LogP contribution in [0.4, 0.5) is 0 Å². The number of rotatable bonds is 10. The Bertz CT molecular complexity index is 1400. The van der Waals surface area contributed by atoms with E-state index in [2.05, 4.69) is 10.6 Å². The van der Waals surface area contributed by atoms with E-state index in [1.807, 2.05) is 0 Å². The average Bonchev–Trinajstić information content (AvgIpc) is 2.77. The van der Waals surface area contributed by atoms with E-state index >= 15 is 0 Å². The van der Waals surface area contributed by atoms with Crippen molar-refractivity contribution in [1.29, 1.82) is 0 Å². The summed E-state index contributed by atoms with van der Waals surface area (Å²) in [7, 11) is -8.68. The predicted octanol–water partition coefficient (Wildman–Crippen LogP) is 1.14. The Kier molecular flexibility index (Phi) is 11.9. The van der Waals surface area contributed by atoms with Gasteiger partial charge < -0.3 is 10.6 Å². The molecule has 0 aliphatic carbocycles. The minimum Gasteiger partial charge on any atom is -0.341 e. The molecule has 0 fully saturated rings. The number of Topliss-reactive ketones (excluding diaryl/α,β-unsaturated/α-hetero) is 2. The highest BCUT2D eigenvalue weighted by atomic mass is 32.2. The molecule has 208 valence electrons. The van der Waals surface area contributed by atoms with Crippen molar-refractivity contribution in [3.8, 4) is 0 Å². The molecule has 2 aromatic carbocycles. The first-order valence-corrected chi connectivity index (χ1v) is 14.3. The van der Waals surface area contributed by atoms with Gasteiger partial charge in [0.15, 0.2) is 11.6 Å². The highest BCUT2D eigenvalue weighted by Gasteiger charge is 2.25. The van der Waals surface area contributed by atoms with Crippen molar-refractivity contribution in [3.05, 3.63) is 70.8 Å². The number of amides is 2. The molecule has 2 unspecified atom stereocenters. The van der Waals surface area contributed by atoms with Gasteiger partial charge in [-0.15, -0.1) is 0 Å². The largest absolute Gasteiger partial charge is 0.341 e. The number of ketones is 2. The van der Waals surface area contributed by atoms with E-state index in [1.54, 1.807) is 62.4 Å². The lowest BCUT2D eigenvalue weighted by atomic mass is 10.1. The summed E-state index contributed by atoms with van der Waals surface area (Å²) in [5.74, 6) is -3.87. The van der Waals surface area contributed by atoms with Crippen LogP contribution in [0.2, 0.25) is 0 Å². The van der Waals surface area contributed by atoms with E-state index in [-0.39, 0.29) is 0 Å². The van der Waals surface area contributed by atoms with Crippen LogP contribution in [0.1, 0.15) is 45.7 Å². The number of hydrogen-bond acceptors (Lipinski definition) is 8. The molecule has 2 rings (SSSR count). The van der Waals surface area contributed by atoms with Gasteiger partial charge in [0.2, 0.25) is 0 Å². The highest BCUT2D eigenvalue weighted by molar-refractivity contribution is 7.86. The Hall–Kier alpha value is -3.46. The molecule has 4 N–H and O–H groups in total. The third kappa shape index (κ3) is 12.2. The molecule has 14 heteroatoms. The molecular weight excluding hydrogens is 540 g/mol. The van der Waals surface area contributed by atoms with Gasteiger partial charge in [0.1, 0.15) is 23.6 Å². The van der Waals surface area contributed by atoms with E-state index in [9.17, 15) is 36.0 Å². The number of carbonyl (C=O) groups is 4. The molecule has 0 saturated heterocycles. The minimum absolute atomic E-state index is 0.321. The standard InChI is InChI=1S/2C12H15NO5S/c1-8-4-3-5-10(6-8)12(15)13-11(9(2)14)7-19(16,17)18;1-8-5-3-4-6-10(8)12(15)13-11(9(2)14)7-19(16,17)18/h2*3-6,11H,7H2,1-2H3,(H,13,15)(H,16,17,18). The second-order valence-corrected chi connectivity index (χ2v) is 11.4. The Morgan fingerprint density at radius 1 is 0.737 bits per heavy atom. The van der Waals surface area contributed by atoms with Crippen molar-refractivity contribution in [2.24, 2.45) is 0 Å². The van der Waals surface area contributed by atoms with Crippen molar-refractivity contribution in [1.82, 2.24) is 10.6 Å². The van der Waals surface area contributed by atoms with Crippen LogP contribution in [0.5, 0.6) is 0 Å². The number of aryl methyl sites for hydroxylation is 2. The van der Waals surface area contributed by atoms with E-state index in [1.165, 1.54) is 0 Å². The number of carbonyl (C=O) groups excluding carboxylic acids is 4. The van der Waals surface area contributed by atoms with Crippen LogP contribution >= 0.6 is 0 Å². The first-order chi connectivity index (χ1) is 17.4. The molecule has 0 aromatic heterocycles. The molecule has 2 atom stereocenters. The lowest BCUT2D eigenvalue weighted by molar-refractivity contribution is -0.119. The maximum atomic E-state index is 11.9. The van der Waals surface area contributed by atoms with Crippen LogP contribution in [0, 0.1) is 13.8 Å². The Balaban J connectivity index is 0.000000380. The molecule has 38 heavy (non-hydrogen) atoms. The molecule has 0 aliphatic rings. The third-order valence-electron chi connectivity index (χ3n) is 5.02. The van der Waals surface area contributed by atoms with Gasteiger partial charge in [0, 0.05) is 11.1 Å². The lowest BCUT2D eigenvalue weighted by Gasteiger charge is -2.15. The van der Waals surface area contributed by atoms with Gasteiger partial charge in [-0.1, -0.05) is 35.9 Å². The zero-order valence-corrected chi connectivity index (χ0v) is 22.8. The average molecular weight is 571 g/mol. The fraction of sp³-hybridized carbons (Fsp3) is 0.333. The summed E-state index contributed by atoms with van der Waals surface area (Å²) >= 11 is 0. The van der Waals surface area contributed by atoms with Crippen LogP contribution in [0.25, 0.3) is 0 Å². The van der Waals surface area contributed by atoms with Gasteiger partial charge in [0.25, 0.3) is 32.1 Å². The molecule has 12 nitrogen and oxygen atoms in total. The van der Waals surface area contributed by atoms with E-state index < -0.39 is 67.2 Å². The Morgan fingerprint density at radius 2 is 1.21 bits per heavy atom. The van der Waals surface area contributed by atoms with Crippen molar-refractivity contribution < 1.29 is 45.1 Å². The molecule has 0 heterocycles. The molecule has 0 aliphatic heterocycles. The second kappa shape index (κ2) is 13.9. The quantitative estimate of drug-likeness (QED) is 0.300. The summed E-state index contributed by atoms with van der Waals surface area (Å²) in [5.41, 5.74) is 2.24. The van der Waals surface area contributed by atoms with Gasteiger partial charge in [-0.2, -0.15) is 16.8 Å². The monoisotopic (exact) mass is 570 g/mol. The summed E-state index contributed by atoms with van der Waals surface area (Å²) in [4.78, 5) is 46.3. The number of nitrogens with one attached hydrogen (secondary N) is 2. The maximum Gasteiger partial charge on any atom is 0.267 e. The van der Waals surface area contributed by atoms with E-state index in [4.69, 9.17) is 9.11 Å². The molecular formula is C24H30N2O10S2. The Labute approximate surface area is 221 Å². The van der Waals surface area contributed by atoms with Gasteiger partial charge in [-0.25, -0.2) is 0 Å². The number of benzene rings is 2. The van der Waals surface area contributed by atoms with Crippen LogP contribution in [-0.2, 0) is 29.8 Å². The molecule has 0 spiro atoms. The van der Waals surface area contributed by atoms with Gasteiger partial charge in [0.05, 0.1) is 0 Å². The minimum atomic E-state index is -4.34. The fourth-order valence-electron chi connectivity index (χ4n) is 3.03. The van der Waals surface area contributed by atoms with Gasteiger partial charge >= 0.3 is 0 Å². The molecule has 0 saturated carbocycles. The first-order valence-electron chi connectivity index (χ1n) is 11.0. The molecule has 2 amide bonds. The second-order valence-electron chi connectivity index (χ2n) is 8.45. The van der Waals surface area contributed by atoms with Crippen LogP contribution in [0.3, 0.4) is 0 Å². The zero-order chi connectivity index (χ0) is 29.3. The Morgan fingerprint density at radius 3 is 1.63 bits per heavy atom. The first kappa shape index (κ1) is 32.6. The SMILES string of the molecule is CC(=O)C(CS(=O)(=O)O)NC(=O)c1cccc(C)c1.CC(=O)C(CS(=O)(=O)O)NC(=O)c1ccccc1C. The number of hydrogen-bond donors (Lipinski definition) is 4. The smallest absolute Gasteiger partial charge is 0.267 e. The molecule has 0 bridgehead atoms. The van der Waals surface area contributed by atoms with Gasteiger partial charge in [-0.3, -0.25) is 28.3 Å². The maximum absolute atomic E-state index is 11.9. The summed E-state index contributed by atoms with van der Waals surface area (Å²) in [5, 5.41) is 4.59. The van der Waals surface area contributed by atoms with Crippen molar-refractivity contribution >= 4 is 43.6 Å². The van der Waals surface area contributed by atoms with Crippen molar-refractivity contribution in [2.45, 2.75) is 39.8 Å². The molecule has 0 radical (unpaired) electrons. The van der Waals surface area contributed by atoms with Crippen molar-refractivity contribution in [2.75, 3.05) is 11.5 Å². The van der Waals surface area contributed by atoms with Crippen LogP contribution < -0.4 is 10.6 Å². The summed E-state index contributed by atoms with van der Waals surface area (Å²) in [6.45, 7) is 5.82. The third-order valence-corrected chi connectivity index (χ3v) is 6.53. The highest BCUT2D eigenvalue weighted by Crippen LogP contribution is 2.08. The lowest BCUT2D eigenvalue weighted by Crippen LogP contribution is -2.44. The summed E-state index contributed by atoms with van der Waals surface area (Å²) in [6, 6.07) is 10.8. The molecule has 2 aromatic rings. The van der Waals surface area contributed by atoms with E-state index in [0.717, 1.165) is 19.4 Å². The zero-order valence-electron chi connectivity index (χ0n) is 21.2. The van der Waals surface area contributed by atoms with Crippen LogP contribution in [0.15, 0.2) is 48.5 Å². The van der Waals surface area contributed by atoms with E-state index in [0.29, 0.717) is 16.7 Å². The van der Waals surface area contributed by atoms with Crippen LogP contribution in [-0.4, -0.2) is 72.9 Å².